The van der Waals surface area contributed by atoms with Gasteiger partial charge in [0.25, 0.3) is 0 Å². The highest BCUT2D eigenvalue weighted by Gasteiger charge is 2.03. The van der Waals surface area contributed by atoms with Gasteiger partial charge in [-0.15, -0.1) is 0 Å². The maximum Gasteiger partial charge on any atom is 0.191 e. The predicted octanol–water partition coefficient (Wildman–Crippen LogP) is 0.848. The Morgan fingerprint density at radius 3 is 2.78 bits per heavy atom. The van der Waals surface area contributed by atoms with Crippen LogP contribution in [0.4, 0.5) is 0 Å². The number of thiophene rings is 1. The first kappa shape index (κ1) is 15.0. The summed E-state index contributed by atoms with van der Waals surface area (Å²) in [6.45, 7) is 3.68. The maximum atomic E-state index is 11.0. The molecule has 0 atom stereocenters. The summed E-state index contributed by atoms with van der Waals surface area (Å²) in [5.41, 5.74) is 1.15. The first-order valence-corrected chi connectivity index (χ1v) is 8.72. The lowest BCUT2D eigenvalue weighted by atomic mass is 10.3. The molecule has 0 radical (unpaired) electrons. The van der Waals surface area contributed by atoms with E-state index in [-0.39, 0.29) is 5.75 Å². The van der Waals surface area contributed by atoms with E-state index in [4.69, 9.17) is 0 Å². The normalized spacial score (nSPS) is 12.4. The van der Waals surface area contributed by atoms with Gasteiger partial charge in [-0.3, -0.25) is 0 Å². The minimum absolute atomic E-state index is 0.107. The van der Waals surface area contributed by atoms with Crippen LogP contribution in [0.2, 0.25) is 0 Å². The number of sulfone groups is 1. The quantitative estimate of drug-likeness (QED) is 0.601. The first-order valence-electron chi connectivity index (χ1n) is 5.72. The van der Waals surface area contributed by atoms with Crippen molar-refractivity contribution in [3.63, 3.8) is 0 Å². The van der Waals surface area contributed by atoms with E-state index in [9.17, 15) is 8.42 Å². The molecular weight excluding hydrogens is 270 g/mol. The lowest BCUT2D eigenvalue weighted by Gasteiger charge is -2.10. The van der Waals surface area contributed by atoms with Gasteiger partial charge in [0.2, 0.25) is 0 Å². The number of hydrogen-bond acceptors (Lipinski definition) is 4. The van der Waals surface area contributed by atoms with Gasteiger partial charge in [0.1, 0.15) is 9.84 Å². The summed E-state index contributed by atoms with van der Waals surface area (Å²) in [4.78, 5) is 4.38. The molecule has 0 aliphatic carbocycles. The Hall–Kier alpha value is -1.08. The fraction of sp³-hybridized carbons (Fsp3) is 0.545. The van der Waals surface area contributed by atoms with Gasteiger partial charge < -0.3 is 10.6 Å². The smallest absolute Gasteiger partial charge is 0.191 e. The summed E-state index contributed by atoms with van der Waals surface area (Å²) in [5, 5.41) is 10.1. The molecule has 1 aromatic heterocycles. The molecule has 1 rings (SSSR count). The van der Waals surface area contributed by atoms with Gasteiger partial charge in [-0.1, -0.05) is 0 Å². The van der Waals surface area contributed by atoms with E-state index in [1.54, 1.807) is 11.3 Å². The second kappa shape index (κ2) is 7.38. The van der Waals surface area contributed by atoms with Crippen molar-refractivity contribution in [3.05, 3.63) is 22.4 Å². The average Bonchev–Trinajstić information content (AvgIpc) is 2.77. The summed E-state index contributed by atoms with van der Waals surface area (Å²) < 4.78 is 22.0. The molecule has 0 fully saturated rings. The monoisotopic (exact) mass is 289 g/mol. The molecule has 0 saturated carbocycles. The largest absolute Gasteiger partial charge is 0.357 e. The summed E-state index contributed by atoms with van der Waals surface area (Å²) >= 11 is 1.64. The van der Waals surface area contributed by atoms with Crippen LogP contribution < -0.4 is 10.6 Å². The van der Waals surface area contributed by atoms with Gasteiger partial charge in [0, 0.05) is 19.3 Å². The SMILES string of the molecule is CCNC(=NCc1ccsc1)NCCS(C)(=O)=O. The number of nitrogens with zero attached hydrogens (tertiary/aromatic N) is 1. The highest BCUT2D eigenvalue weighted by Crippen LogP contribution is 2.06. The Bertz CT molecular complexity index is 466. The molecule has 7 heteroatoms. The molecule has 2 N–H and O–H groups in total. The third kappa shape index (κ3) is 6.61. The number of guanidine groups is 1. The van der Waals surface area contributed by atoms with Crippen molar-refractivity contribution in [3.8, 4) is 0 Å². The topological polar surface area (TPSA) is 70.6 Å². The number of rotatable bonds is 6. The Kier molecular flexibility index (Phi) is 6.14. The molecule has 0 aliphatic heterocycles. The number of aliphatic imine (C=N–C) groups is 1. The van der Waals surface area contributed by atoms with Crippen molar-refractivity contribution in [2.24, 2.45) is 4.99 Å². The Balaban J connectivity index is 2.46. The van der Waals surface area contributed by atoms with Crippen molar-refractivity contribution in [1.29, 1.82) is 0 Å². The Morgan fingerprint density at radius 2 is 2.22 bits per heavy atom. The van der Waals surface area contributed by atoms with Gasteiger partial charge in [0.15, 0.2) is 5.96 Å². The number of nitrogens with one attached hydrogen (secondary N) is 2. The van der Waals surface area contributed by atoms with Gasteiger partial charge >= 0.3 is 0 Å². The molecule has 1 aromatic rings. The molecular formula is C11H19N3O2S2. The summed E-state index contributed by atoms with van der Waals surface area (Å²) in [7, 11) is -2.94. The predicted molar refractivity (Wildman–Crippen MR) is 76.8 cm³/mol. The van der Waals surface area contributed by atoms with Crippen LogP contribution in [0.15, 0.2) is 21.8 Å². The van der Waals surface area contributed by atoms with Crippen molar-refractivity contribution >= 4 is 27.1 Å². The van der Waals surface area contributed by atoms with E-state index in [2.05, 4.69) is 15.6 Å². The van der Waals surface area contributed by atoms with Crippen molar-refractivity contribution < 1.29 is 8.42 Å². The fourth-order valence-electron chi connectivity index (χ4n) is 1.25. The Morgan fingerprint density at radius 1 is 1.44 bits per heavy atom. The van der Waals surface area contributed by atoms with Crippen molar-refractivity contribution in [2.45, 2.75) is 13.5 Å². The van der Waals surface area contributed by atoms with Crippen molar-refractivity contribution in [2.75, 3.05) is 25.1 Å². The molecule has 0 amide bonds. The zero-order valence-corrected chi connectivity index (χ0v) is 12.3. The summed E-state index contributed by atoms with van der Waals surface area (Å²) in [6.07, 6.45) is 1.23. The van der Waals surface area contributed by atoms with Crippen LogP contribution in [0.5, 0.6) is 0 Å². The van der Waals surface area contributed by atoms with Crippen LogP contribution in [0.25, 0.3) is 0 Å². The average molecular weight is 289 g/mol. The lowest BCUT2D eigenvalue weighted by Crippen LogP contribution is -2.39. The molecule has 0 bridgehead atoms. The molecule has 0 unspecified atom stereocenters. The molecule has 0 aromatic carbocycles. The molecule has 1 heterocycles. The standard InChI is InChI=1S/C11H19N3O2S2/c1-3-12-11(13-5-7-18(2,15)16)14-8-10-4-6-17-9-10/h4,6,9H,3,5,7-8H2,1-2H3,(H2,12,13,14). The molecule has 0 saturated heterocycles. The second-order valence-corrected chi connectivity index (χ2v) is 6.92. The molecule has 0 spiro atoms. The molecule has 0 aliphatic rings. The van der Waals surface area contributed by atoms with E-state index in [0.29, 0.717) is 19.0 Å². The third-order valence-electron chi connectivity index (χ3n) is 2.11. The zero-order valence-electron chi connectivity index (χ0n) is 10.6. The molecule has 18 heavy (non-hydrogen) atoms. The van der Waals surface area contributed by atoms with E-state index < -0.39 is 9.84 Å². The summed E-state index contributed by atoms with van der Waals surface area (Å²) in [5.74, 6) is 0.753. The molecule has 102 valence electrons. The minimum atomic E-state index is -2.94. The van der Waals surface area contributed by atoms with E-state index >= 15 is 0 Å². The van der Waals surface area contributed by atoms with Gasteiger partial charge in [-0.05, 0) is 29.3 Å². The maximum absolute atomic E-state index is 11.0. The zero-order chi connectivity index (χ0) is 13.4. The lowest BCUT2D eigenvalue weighted by molar-refractivity contribution is 0.600. The fourth-order valence-corrected chi connectivity index (χ4v) is 2.38. The van der Waals surface area contributed by atoms with E-state index in [1.807, 2.05) is 23.8 Å². The molecule has 5 nitrogen and oxygen atoms in total. The van der Waals surface area contributed by atoms with Crippen LogP contribution >= 0.6 is 11.3 Å². The highest BCUT2D eigenvalue weighted by molar-refractivity contribution is 7.90. The van der Waals surface area contributed by atoms with Crippen LogP contribution in [-0.4, -0.2) is 39.5 Å². The minimum Gasteiger partial charge on any atom is -0.357 e. The van der Waals surface area contributed by atoms with Crippen LogP contribution in [0.1, 0.15) is 12.5 Å². The van der Waals surface area contributed by atoms with E-state index in [1.165, 1.54) is 6.26 Å². The van der Waals surface area contributed by atoms with Gasteiger partial charge in [0.05, 0.1) is 12.3 Å². The van der Waals surface area contributed by atoms with E-state index in [0.717, 1.165) is 12.1 Å². The van der Waals surface area contributed by atoms with Crippen LogP contribution in [0, 0.1) is 0 Å². The first-order chi connectivity index (χ1) is 8.51. The van der Waals surface area contributed by atoms with Crippen LogP contribution in [0.3, 0.4) is 0 Å². The number of hydrogen-bond donors (Lipinski definition) is 2. The van der Waals surface area contributed by atoms with Gasteiger partial charge in [-0.2, -0.15) is 11.3 Å². The highest BCUT2D eigenvalue weighted by atomic mass is 32.2. The Labute approximate surface area is 112 Å². The second-order valence-electron chi connectivity index (χ2n) is 3.88. The van der Waals surface area contributed by atoms with Gasteiger partial charge in [-0.25, -0.2) is 13.4 Å². The third-order valence-corrected chi connectivity index (χ3v) is 3.79. The van der Waals surface area contributed by atoms with Crippen molar-refractivity contribution in [1.82, 2.24) is 10.6 Å². The summed E-state index contributed by atoms with van der Waals surface area (Å²) in [6, 6.07) is 2.02. The van der Waals surface area contributed by atoms with Crippen LogP contribution in [-0.2, 0) is 16.4 Å².